The summed E-state index contributed by atoms with van der Waals surface area (Å²) < 4.78 is 0. The molecule has 18 heavy (non-hydrogen) atoms. The molecule has 0 radical (unpaired) electrons. The van der Waals surface area contributed by atoms with Crippen molar-refractivity contribution in [3.05, 3.63) is 0 Å². The van der Waals surface area contributed by atoms with Gasteiger partial charge in [0.15, 0.2) is 0 Å². The van der Waals surface area contributed by atoms with Crippen LogP contribution in [0.5, 0.6) is 0 Å². The zero-order chi connectivity index (χ0) is 13.2. The van der Waals surface area contributed by atoms with E-state index in [1.54, 1.807) is 0 Å². The van der Waals surface area contributed by atoms with Crippen LogP contribution in [0.2, 0.25) is 0 Å². The quantitative estimate of drug-likeness (QED) is 0.780. The molecule has 2 heteroatoms. The molecule has 1 saturated carbocycles. The van der Waals surface area contributed by atoms with Gasteiger partial charge in [-0.25, -0.2) is 0 Å². The third-order valence-electron chi connectivity index (χ3n) is 4.81. The molecule has 2 rings (SSSR count). The molecule has 0 aromatic carbocycles. The lowest BCUT2D eigenvalue weighted by Gasteiger charge is -2.42. The first-order valence-corrected chi connectivity index (χ1v) is 7.96. The lowest BCUT2D eigenvalue weighted by molar-refractivity contribution is 0.119. The molecule has 1 atom stereocenters. The number of rotatable bonds is 6. The van der Waals surface area contributed by atoms with Crippen LogP contribution in [0.25, 0.3) is 0 Å². The van der Waals surface area contributed by atoms with Crippen molar-refractivity contribution in [2.45, 2.75) is 71.9 Å². The van der Waals surface area contributed by atoms with Crippen molar-refractivity contribution in [2.24, 2.45) is 11.3 Å². The van der Waals surface area contributed by atoms with E-state index in [1.165, 1.54) is 51.7 Å². The van der Waals surface area contributed by atoms with Gasteiger partial charge in [-0.1, -0.05) is 27.7 Å². The van der Waals surface area contributed by atoms with Crippen molar-refractivity contribution in [3.63, 3.8) is 0 Å². The molecule has 0 spiro atoms. The van der Waals surface area contributed by atoms with Crippen LogP contribution >= 0.6 is 0 Å². The Labute approximate surface area is 114 Å². The monoisotopic (exact) mass is 252 g/mol. The number of nitrogens with zero attached hydrogens (tertiary/aromatic N) is 1. The maximum atomic E-state index is 3.77. The summed E-state index contributed by atoms with van der Waals surface area (Å²) in [7, 11) is 0. The highest BCUT2D eigenvalue weighted by molar-refractivity contribution is 4.94. The summed E-state index contributed by atoms with van der Waals surface area (Å²) in [4.78, 5) is 2.77. The highest BCUT2D eigenvalue weighted by Crippen LogP contribution is 2.33. The zero-order valence-corrected chi connectivity index (χ0v) is 12.8. The van der Waals surface area contributed by atoms with Crippen molar-refractivity contribution in [1.82, 2.24) is 10.2 Å². The van der Waals surface area contributed by atoms with Crippen molar-refractivity contribution in [3.8, 4) is 0 Å². The molecule has 0 amide bonds. The summed E-state index contributed by atoms with van der Waals surface area (Å²) >= 11 is 0. The summed E-state index contributed by atoms with van der Waals surface area (Å²) in [6, 6.07) is 1.60. The molecule has 2 fully saturated rings. The summed E-state index contributed by atoms with van der Waals surface area (Å²) in [5.74, 6) is 0.832. The van der Waals surface area contributed by atoms with Crippen molar-refractivity contribution in [2.75, 3.05) is 19.6 Å². The molecule has 1 saturated heterocycles. The Kier molecular flexibility index (Phi) is 4.71. The van der Waals surface area contributed by atoms with E-state index in [0.29, 0.717) is 11.5 Å². The minimum atomic E-state index is 0.475. The van der Waals surface area contributed by atoms with Crippen molar-refractivity contribution in [1.29, 1.82) is 0 Å². The van der Waals surface area contributed by atoms with Gasteiger partial charge in [-0.15, -0.1) is 0 Å². The highest BCUT2D eigenvalue weighted by atomic mass is 15.2. The second kappa shape index (κ2) is 5.92. The molecule has 106 valence electrons. The standard InChI is InChI=1S/C16H32N2/c1-13(2)8-11-18(14-6-7-14)12-15-16(3,4)9-5-10-17-15/h13-15,17H,5-12H2,1-4H3. The van der Waals surface area contributed by atoms with Crippen LogP contribution in [0.4, 0.5) is 0 Å². The third-order valence-corrected chi connectivity index (χ3v) is 4.81. The van der Waals surface area contributed by atoms with Gasteiger partial charge in [0, 0.05) is 18.6 Å². The SMILES string of the molecule is CC(C)CCN(CC1NCCCC1(C)C)C1CC1. The fraction of sp³-hybridized carbons (Fsp3) is 1.00. The molecule has 1 N–H and O–H groups in total. The van der Waals surface area contributed by atoms with E-state index < -0.39 is 0 Å². The van der Waals surface area contributed by atoms with Crippen LogP contribution in [0.3, 0.4) is 0 Å². The molecule has 2 nitrogen and oxygen atoms in total. The van der Waals surface area contributed by atoms with Crippen LogP contribution in [0.1, 0.15) is 59.8 Å². The maximum absolute atomic E-state index is 3.77. The predicted octanol–water partition coefficient (Wildman–Crippen LogP) is 3.28. The Hall–Kier alpha value is -0.0800. The number of nitrogens with one attached hydrogen (secondary N) is 1. The zero-order valence-electron chi connectivity index (χ0n) is 12.8. The normalized spacial score (nSPS) is 28.0. The van der Waals surface area contributed by atoms with Gasteiger partial charge in [0.2, 0.25) is 0 Å². The summed E-state index contributed by atoms with van der Waals surface area (Å²) in [5.41, 5.74) is 0.475. The molecule has 0 aromatic rings. The van der Waals surface area contributed by atoms with Gasteiger partial charge < -0.3 is 5.32 Å². The second-order valence-corrected chi connectivity index (χ2v) is 7.51. The van der Waals surface area contributed by atoms with E-state index in [-0.39, 0.29) is 0 Å². The average Bonchev–Trinajstić information content (AvgIpc) is 3.09. The minimum absolute atomic E-state index is 0.475. The molecule has 1 unspecified atom stereocenters. The topological polar surface area (TPSA) is 15.3 Å². The maximum Gasteiger partial charge on any atom is 0.0246 e. The molecule has 1 aliphatic carbocycles. The molecule has 0 bridgehead atoms. The van der Waals surface area contributed by atoms with Gasteiger partial charge in [0.1, 0.15) is 0 Å². The smallest absolute Gasteiger partial charge is 0.0246 e. The summed E-state index contributed by atoms with van der Waals surface area (Å²) in [5, 5.41) is 3.77. The Balaban J connectivity index is 1.87. The van der Waals surface area contributed by atoms with Gasteiger partial charge in [0.25, 0.3) is 0 Å². The van der Waals surface area contributed by atoms with E-state index in [9.17, 15) is 0 Å². The van der Waals surface area contributed by atoms with Gasteiger partial charge >= 0.3 is 0 Å². The fourth-order valence-corrected chi connectivity index (χ4v) is 3.10. The number of hydrogen-bond donors (Lipinski definition) is 1. The molecule has 0 aromatic heterocycles. The van der Waals surface area contributed by atoms with Gasteiger partial charge in [-0.2, -0.15) is 0 Å². The van der Waals surface area contributed by atoms with Gasteiger partial charge in [0.05, 0.1) is 0 Å². The fourth-order valence-electron chi connectivity index (χ4n) is 3.10. The second-order valence-electron chi connectivity index (χ2n) is 7.51. The summed E-state index contributed by atoms with van der Waals surface area (Å²) in [6.45, 7) is 13.4. The van der Waals surface area contributed by atoms with E-state index in [2.05, 4.69) is 37.9 Å². The molecular weight excluding hydrogens is 220 g/mol. The third kappa shape index (κ3) is 3.96. The van der Waals surface area contributed by atoms with Crippen molar-refractivity contribution >= 4 is 0 Å². The molecule has 2 aliphatic rings. The van der Waals surface area contributed by atoms with Crippen LogP contribution in [-0.4, -0.2) is 36.6 Å². The molecule has 1 aliphatic heterocycles. The Morgan fingerprint density at radius 2 is 2.00 bits per heavy atom. The highest BCUT2D eigenvalue weighted by Gasteiger charge is 2.36. The first-order valence-electron chi connectivity index (χ1n) is 7.96. The first-order chi connectivity index (χ1) is 8.49. The van der Waals surface area contributed by atoms with E-state index in [0.717, 1.165) is 12.0 Å². The lowest BCUT2D eigenvalue weighted by atomic mass is 9.77. The van der Waals surface area contributed by atoms with Gasteiger partial charge in [-0.05, 0) is 56.5 Å². The minimum Gasteiger partial charge on any atom is -0.312 e. The van der Waals surface area contributed by atoms with Gasteiger partial charge in [-0.3, -0.25) is 4.90 Å². The van der Waals surface area contributed by atoms with Crippen LogP contribution in [0, 0.1) is 11.3 Å². The largest absolute Gasteiger partial charge is 0.312 e. The Morgan fingerprint density at radius 3 is 2.56 bits per heavy atom. The first kappa shape index (κ1) is 14.3. The Morgan fingerprint density at radius 1 is 1.28 bits per heavy atom. The number of piperidine rings is 1. The van der Waals surface area contributed by atoms with Crippen LogP contribution < -0.4 is 5.32 Å². The van der Waals surface area contributed by atoms with Crippen molar-refractivity contribution < 1.29 is 0 Å². The average molecular weight is 252 g/mol. The van der Waals surface area contributed by atoms with Crippen LogP contribution in [-0.2, 0) is 0 Å². The van der Waals surface area contributed by atoms with E-state index >= 15 is 0 Å². The lowest BCUT2D eigenvalue weighted by Crippen LogP contribution is -2.53. The Bertz CT molecular complexity index is 256. The molecule has 1 heterocycles. The van der Waals surface area contributed by atoms with E-state index in [4.69, 9.17) is 0 Å². The summed E-state index contributed by atoms with van der Waals surface area (Å²) in [6.07, 6.45) is 6.95. The molecular formula is C16H32N2. The number of hydrogen-bond acceptors (Lipinski definition) is 2. The predicted molar refractivity (Wildman–Crippen MR) is 78.9 cm³/mol. The van der Waals surface area contributed by atoms with E-state index in [1.807, 2.05) is 0 Å². The van der Waals surface area contributed by atoms with Crippen LogP contribution in [0.15, 0.2) is 0 Å².